The summed E-state index contributed by atoms with van der Waals surface area (Å²) in [5.41, 5.74) is 0.559. The molecule has 2 aromatic rings. The van der Waals surface area contributed by atoms with E-state index in [1.807, 2.05) is 12.1 Å². The molecule has 0 atom stereocenters. The van der Waals surface area contributed by atoms with Crippen molar-refractivity contribution >= 4 is 34.7 Å². The highest BCUT2D eigenvalue weighted by Crippen LogP contribution is 2.21. The maximum atomic E-state index is 12.2. The molecule has 0 fully saturated rings. The molecule has 2 rings (SSSR count). The molecule has 0 spiro atoms. The first-order valence-corrected chi connectivity index (χ1v) is 7.61. The third-order valence-corrected chi connectivity index (χ3v) is 3.88. The van der Waals surface area contributed by atoms with Crippen molar-refractivity contribution in [1.29, 1.82) is 0 Å². The molecule has 2 N–H and O–H groups in total. The smallest absolute Gasteiger partial charge is 0.255 e. The Balaban J connectivity index is 2.01. The van der Waals surface area contributed by atoms with Gasteiger partial charge < -0.3 is 10.6 Å². The Hall–Kier alpha value is -1.59. The summed E-state index contributed by atoms with van der Waals surface area (Å²) in [5, 5.41) is 6.03. The zero-order valence-corrected chi connectivity index (χ0v) is 12.7. The van der Waals surface area contributed by atoms with Crippen LogP contribution in [0.15, 0.2) is 30.5 Å². The summed E-state index contributed by atoms with van der Waals surface area (Å²) >= 11 is 7.32. The van der Waals surface area contributed by atoms with Crippen LogP contribution in [0.3, 0.4) is 0 Å². The van der Waals surface area contributed by atoms with E-state index in [9.17, 15) is 4.79 Å². The van der Waals surface area contributed by atoms with Gasteiger partial charge in [-0.25, -0.2) is 4.98 Å². The van der Waals surface area contributed by atoms with E-state index in [0.29, 0.717) is 17.9 Å². The highest BCUT2D eigenvalue weighted by atomic mass is 35.5. The van der Waals surface area contributed by atoms with Crippen molar-refractivity contribution in [3.63, 3.8) is 0 Å². The van der Waals surface area contributed by atoms with Gasteiger partial charge in [-0.05, 0) is 30.7 Å². The Kier molecular flexibility index (Phi) is 5.38. The molecule has 0 aliphatic carbocycles. The second-order valence-corrected chi connectivity index (χ2v) is 6.01. The average Bonchev–Trinajstić information content (AvgIpc) is 2.88. The average molecular weight is 310 g/mol. The van der Waals surface area contributed by atoms with Gasteiger partial charge in [-0.3, -0.25) is 4.79 Å². The van der Waals surface area contributed by atoms with Crippen molar-refractivity contribution in [1.82, 2.24) is 10.3 Å². The fourth-order valence-corrected chi connectivity index (χ4v) is 2.71. The molecule has 0 aliphatic rings. The van der Waals surface area contributed by atoms with E-state index in [1.54, 1.807) is 18.3 Å². The van der Waals surface area contributed by atoms with Crippen molar-refractivity contribution < 1.29 is 4.79 Å². The maximum Gasteiger partial charge on any atom is 0.255 e. The third kappa shape index (κ3) is 3.95. The topological polar surface area (TPSA) is 54.0 Å². The minimum atomic E-state index is -0.138. The third-order valence-electron chi connectivity index (χ3n) is 2.65. The van der Waals surface area contributed by atoms with Crippen LogP contribution in [-0.4, -0.2) is 17.4 Å². The summed E-state index contributed by atoms with van der Waals surface area (Å²) in [6.45, 7) is 3.33. The summed E-state index contributed by atoms with van der Waals surface area (Å²) in [6.07, 6.45) is 2.65. The second-order valence-electron chi connectivity index (χ2n) is 4.21. The fraction of sp³-hybridized carbons (Fsp3) is 0.286. The molecule has 0 unspecified atom stereocenters. The molecule has 0 aliphatic heterocycles. The summed E-state index contributed by atoms with van der Waals surface area (Å²) < 4.78 is 0.723. The minimum Gasteiger partial charge on any atom is -0.369 e. The van der Waals surface area contributed by atoms with Gasteiger partial charge in [0.2, 0.25) is 0 Å². The van der Waals surface area contributed by atoms with E-state index in [1.165, 1.54) is 11.3 Å². The number of pyridine rings is 1. The van der Waals surface area contributed by atoms with Gasteiger partial charge in [0.15, 0.2) is 0 Å². The molecular weight excluding hydrogens is 294 g/mol. The molecule has 2 heterocycles. The van der Waals surface area contributed by atoms with E-state index in [4.69, 9.17) is 11.6 Å². The van der Waals surface area contributed by atoms with Crippen LogP contribution in [0.25, 0.3) is 0 Å². The molecule has 0 bridgehead atoms. The van der Waals surface area contributed by atoms with Crippen LogP contribution in [0.1, 0.15) is 28.6 Å². The van der Waals surface area contributed by atoms with Crippen LogP contribution in [0.2, 0.25) is 4.34 Å². The summed E-state index contributed by atoms with van der Waals surface area (Å²) in [6, 6.07) is 7.26. The number of aromatic nitrogens is 1. The van der Waals surface area contributed by atoms with E-state index >= 15 is 0 Å². The lowest BCUT2D eigenvalue weighted by molar-refractivity contribution is 0.0952. The Bertz CT molecular complexity index is 585. The van der Waals surface area contributed by atoms with Crippen molar-refractivity contribution in [2.75, 3.05) is 11.9 Å². The first kappa shape index (κ1) is 14.8. The van der Waals surface area contributed by atoms with Crippen molar-refractivity contribution in [2.45, 2.75) is 19.9 Å². The number of anilines is 1. The quantitative estimate of drug-likeness (QED) is 0.858. The highest BCUT2D eigenvalue weighted by molar-refractivity contribution is 7.16. The summed E-state index contributed by atoms with van der Waals surface area (Å²) in [4.78, 5) is 17.4. The molecule has 0 radical (unpaired) electrons. The number of hydrogen-bond acceptors (Lipinski definition) is 4. The van der Waals surface area contributed by atoms with Gasteiger partial charge >= 0.3 is 0 Å². The van der Waals surface area contributed by atoms with Crippen molar-refractivity contribution in [2.24, 2.45) is 0 Å². The highest BCUT2D eigenvalue weighted by Gasteiger charge is 2.11. The number of hydrogen-bond donors (Lipinski definition) is 2. The summed E-state index contributed by atoms with van der Waals surface area (Å²) in [7, 11) is 0. The zero-order valence-electron chi connectivity index (χ0n) is 11.1. The van der Waals surface area contributed by atoms with Gasteiger partial charge in [0.05, 0.1) is 16.4 Å². The molecule has 0 saturated carbocycles. The van der Waals surface area contributed by atoms with Crippen molar-refractivity contribution in [3.05, 3.63) is 45.2 Å². The molecular formula is C14H16ClN3OS. The van der Waals surface area contributed by atoms with Gasteiger partial charge in [0.1, 0.15) is 5.82 Å². The lowest BCUT2D eigenvalue weighted by Gasteiger charge is -2.10. The van der Waals surface area contributed by atoms with Crippen LogP contribution in [-0.2, 0) is 6.54 Å². The first-order valence-electron chi connectivity index (χ1n) is 6.42. The number of nitrogens with zero attached hydrogens (tertiary/aromatic N) is 1. The minimum absolute atomic E-state index is 0.138. The van der Waals surface area contributed by atoms with Crippen LogP contribution in [0.5, 0.6) is 0 Å². The van der Waals surface area contributed by atoms with Crippen LogP contribution in [0, 0.1) is 0 Å². The molecule has 0 aromatic carbocycles. The number of nitrogens with one attached hydrogen (secondary N) is 2. The SMILES string of the molecule is CCCNc1ncccc1C(=O)NCc1ccc(Cl)s1. The monoisotopic (exact) mass is 309 g/mol. The summed E-state index contributed by atoms with van der Waals surface area (Å²) in [5.74, 6) is 0.484. The van der Waals surface area contributed by atoms with E-state index in [0.717, 1.165) is 22.2 Å². The largest absolute Gasteiger partial charge is 0.369 e. The molecule has 0 saturated heterocycles. The van der Waals surface area contributed by atoms with E-state index in [-0.39, 0.29) is 5.91 Å². The standard InChI is InChI=1S/C14H16ClN3OS/c1-2-7-16-13-11(4-3-8-17-13)14(19)18-9-10-5-6-12(15)20-10/h3-6,8H,2,7,9H2,1H3,(H,16,17)(H,18,19). The number of thiophene rings is 1. The second kappa shape index (κ2) is 7.26. The molecule has 20 heavy (non-hydrogen) atoms. The molecule has 4 nitrogen and oxygen atoms in total. The predicted molar refractivity (Wildman–Crippen MR) is 83.5 cm³/mol. The molecule has 6 heteroatoms. The lowest BCUT2D eigenvalue weighted by atomic mass is 10.2. The zero-order chi connectivity index (χ0) is 14.4. The number of rotatable bonds is 6. The van der Waals surface area contributed by atoms with Gasteiger partial charge in [0, 0.05) is 17.6 Å². The molecule has 2 aromatic heterocycles. The van der Waals surface area contributed by atoms with Crippen LogP contribution >= 0.6 is 22.9 Å². The van der Waals surface area contributed by atoms with Gasteiger partial charge in [-0.2, -0.15) is 0 Å². The van der Waals surface area contributed by atoms with Crippen LogP contribution in [0.4, 0.5) is 5.82 Å². The Labute approximate surface area is 127 Å². The normalized spacial score (nSPS) is 10.3. The lowest BCUT2D eigenvalue weighted by Crippen LogP contribution is -2.24. The van der Waals surface area contributed by atoms with Crippen molar-refractivity contribution in [3.8, 4) is 0 Å². The van der Waals surface area contributed by atoms with E-state index in [2.05, 4.69) is 22.5 Å². The maximum absolute atomic E-state index is 12.2. The predicted octanol–water partition coefficient (Wildman–Crippen LogP) is 3.55. The first-order chi connectivity index (χ1) is 9.70. The molecule has 1 amide bonds. The van der Waals surface area contributed by atoms with E-state index < -0.39 is 0 Å². The number of amides is 1. The van der Waals surface area contributed by atoms with Gasteiger partial charge in [-0.1, -0.05) is 18.5 Å². The van der Waals surface area contributed by atoms with Gasteiger partial charge in [0.25, 0.3) is 5.91 Å². The number of halogens is 1. The molecule has 106 valence electrons. The Morgan fingerprint density at radius 1 is 1.40 bits per heavy atom. The number of carbonyl (C=O) groups excluding carboxylic acids is 1. The number of carbonyl (C=O) groups is 1. The fourth-order valence-electron chi connectivity index (χ4n) is 1.68. The Morgan fingerprint density at radius 2 is 2.25 bits per heavy atom. The van der Waals surface area contributed by atoms with Crippen LogP contribution < -0.4 is 10.6 Å². The Morgan fingerprint density at radius 3 is 2.95 bits per heavy atom. The van der Waals surface area contributed by atoms with Gasteiger partial charge in [-0.15, -0.1) is 11.3 Å².